The Morgan fingerprint density at radius 3 is 2.39 bits per heavy atom. The van der Waals surface area contributed by atoms with Crippen LogP contribution in [0.15, 0.2) is 48.7 Å². The molecule has 0 bridgehead atoms. The normalized spacial score (nSPS) is 17.2. The van der Waals surface area contributed by atoms with Crippen LogP contribution < -0.4 is 19.8 Å². The minimum atomic E-state index is -3.52. The summed E-state index contributed by atoms with van der Waals surface area (Å²) in [5, 5.41) is 15.7. The Labute approximate surface area is 240 Å². The Morgan fingerprint density at radius 2 is 1.73 bits per heavy atom. The third-order valence-corrected chi connectivity index (χ3v) is 9.51. The first-order chi connectivity index (χ1) is 19.6. The predicted octanol–water partition coefficient (Wildman–Crippen LogP) is 4.68. The molecule has 0 atom stereocenters. The van der Waals surface area contributed by atoms with Crippen molar-refractivity contribution in [1.29, 1.82) is 5.26 Å². The molecule has 0 aliphatic carbocycles. The summed E-state index contributed by atoms with van der Waals surface area (Å²) in [5.74, 6) is 0.0291. The van der Waals surface area contributed by atoms with Crippen LogP contribution in [0.2, 0.25) is 0 Å². The number of anilines is 6. The Hall–Kier alpha value is -3.95. The Bertz CT molecular complexity index is 1560. The average molecular weight is 579 g/mol. The van der Waals surface area contributed by atoms with Gasteiger partial charge in [-0.1, -0.05) is 12.1 Å². The van der Waals surface area contributed by atoms with E-state index >= 15 is 4.39 Å². The van der Waals surface area contributed by atoms with Crippen LogP contribution in [0.1, 0.15) is 31.2 Å². The summed E-state index contributed by atoms with van der Waals surface area (Å²) in [6.07, 6.45) is 7.06. The molecule has 2 aliphatic rings. The van der Waals surface area contributed by atoms with Gasteiger partial charge in [0.2, 0.25) is 16.0 Å². The van der Waals surface area contributed by atoms with E-state index in [1.54, 1.807) is 36.4 Å². The van der Waals surface area contributed by atoms with E-state index in [1.807, 2.05) is 6.07 Å². The van der Waals surface area contributed by atoms with Gasteiger partial charge in [-0.25, -0.2) is 17.8 Å². The maximum absolute atomic E-state index is 15.3. The molecular formula is C29H35FN8O2S. The monoisotopic (exact) mass is 578 g/mol. The lowest BCUT2D eigenvalue weighted by Crippen LogP contribution is -2.46. The van der Waals surface area contributed by atoms with Crippen molar-refractivity contribution in [3.05, 3.63) is 60.0 Å². The fourth-order valence-electron chi connectivity index (χ4n) is 5.56. The second-order valence-corrected chi connectivity index (χ2v) is 13.0. The summed E-state index contributed by atoms with van der Waals surface area (Å²) in [5.41, 5.74) is 2.46. The molecule has 12 heteroatoms. The molecule has 1 spiro atoms. The van der Waals surface area contributed by atoms with Crippen molar-refractivity contribution >= 4 is 44.5 Å². The Balaban J connectivity index is 1.30. The summed E-state index contributed by atoms with van der Waals surface area (Å²) in [6.45, 7) is 3.95. The van der Waals surface area contributed by atoms with Gasteiger partial charge < -0.3 is 20.4 Å². The Morgan fingerprint density at radius 1 is 1.05 bits per heavy atom. The number of nitriles is 1. The van der Waals surface area contributed by atoms with Crippen LogP contribution >= 0.6 is 0 Å². The highest BCUT2D eigenvalue weighted by Gasteiger charge is 2.37. The number of rotatable bonds is 7. The largest absolute Gasteiger partial charge is 0.369 e. The van der Waals surface area contributed by atoms with Crippen LogP contribution in [0.3, 0.4) is 0 Å². The zero-order chi connectivity index (χ0) is 29.2. The number of likely N-dealkylation sites (tertiary alicyclic amines) is 1. The number of nitrogens with zero attached hydrogens (tertiary/aromatic N) is 6. The van der Waals surface area contributed by atoms with Gasteiger partial charge in [0.25, 0.3) is 0 Å². The van der Waals surface area contributed by atoms with E-state index in [2.05, 4.69) is 37.4 Å². The van der Waals surface area contributed by atoms with E-state index in [0.717, 1.165) is 49.6 Å². The van der Waals surface area contributed by atoms with Crippen LogP contribution in [0, 0.1) is 22.6 Å². The summed E-state index contributed by atoms with van der Waals surface area (Å²) in [6, 6.07) is 13.9. The first-order valence-electron chi connectivity index (χ1n) is 13.6. The van der Waals surface area contributed by atoms with Crippen LogP contribution in [-0.4, -0.2) is 69.8 Å². The molecule has 10 nitrogen and oxygen atoms in total. The Kier molecular flexibility index (Phi) is 8.02. The van der Waals surface area contributed by atoms with E-state index in [-0.39, 0.29) is 23.1 Å². The van der Waals surface area contributed by atoms with E-state index in [4.69, 9.17) is 0 Å². The molecule has 0 radical (unpaired) electrons. The van der Waals surface area contributed by atoms with Crippen LogP contribution in [0.4, 0.5) is 38.9 Å². The molecule has 2 N–H and O–H groups in total. The van der Waals surface area contributed by atoms with Gasteiger partial charge in [0.05, 0.1) is 29.5 Å². The molecule has 2 aliphatic heterocycles. The molecule has 2 aromatic carbocycles. The molecule has 41 heavy (non-hydrogen) atoms. The third-order valence-electron chi connectivity index (χ3n) is 8.32. The second kappa shape index (κ2) is 11.5. The number of piperidine rings is 2. The molecule has 2 saturated heterocycles. The maximum atomic E-state index is 15.3. The number of nitrogens with one attached hydrogen (secondary N) is 2. The molecule has 216 valence electrons. The summed E-state index contributed by atoms with van der Waals surface area (Å²) in [4.78, 5) is 13.2. The van der Waals surface area contributed by atoms with Crippen molar-refractivity contribution < 1.29 is 12.8 Å². The number of hydrogen-bond acceptors (Lipinski definition) is 9. The molecule has 0 unspecified atom stereocenters. The van der Waals surface area contributed by atoms with Gasteiger partial charge in [-0.3, -0.25) is 4.31 Å². The van der Waals surface area contributed by atoms with Crippen LogP contribution in [0.25, 0.3) is 0 Å². The molecule has 0 amide bonds. The number of halogens is 1. The SMILES string of the molecule is CN1CCC2(CC1)CCN(c1ccc(Nc3ncc(C#N)c(Nc4ccccc4N(C)S(C)(=O)=O)n3)cc1F)CC2. The smallest absolute Gasteiger partial charge is 0.232 e. The first-order valence-corrected chi connectivity index (χ1v) is 15.5. The van der Waals surface area contributed by atoms with Gasteiger partial charge in [0.15, 0.2) is 5.82 Å². The minimum absolute atomic E-state index is 0.162. The summed E-state index contributed by atoms with van der Waals surface area (Å²) >= 11 is 0. The van der Waals surface area contributed by atoms with E-state index in [0.29, 0.717) is 28.2 Å². The third kappa shape index (κ3) is 6.36. The van der Waals surface area contributed by atoms with Crippen LogP contribution in [-0.2, 0) is 10.0 Å². The molecule has 1 aromatic heterocycles. The number of sulfonamides is 1. The fraction of sp³-hybridized carbons (Fsp3) is 0.414. The fourth-order valence-corrected chi connectivity index (χ4v) is 6.08. The van der Waals surface area contributed by atoms with Gasteiger partial charge in [-0.2, -0.15) is 10.2 Å². The van der Waals surface area contributed by atoms with Gasteiger partial charge in [0, 0.05) is 25.8 Å². The highest BCUT2D eigenvalue weighted by molar-refractivity contribution is 7.92. The number of aromatic nitrogens is 2. The zero-order valence-corrected chi connectivity index (χ0v) is 24.4. The quantitative estimate of drug-likeness (QED) is 0.412. The molecule has 3 aromatic rings. The molecule has 0 saturated carbocycles. The van der Waals surface area contributed by atoms with Crippen molar-refractivity contribution in [2.24, 2.45) is 5.41 Å². The lowest BCUT2D eigenvalue weighted by molar-refractivity contribution is 0.0943. The predicted molar refractivity (Wildman–Crippen MR) is 160 cm³/mol. The molecule has 3 heterocycles. The van der Waals surface area contributed by atoms with Gasteiger partial charge in [-0.05, 0) is 81.6 Å². The van der Waals surface area contributed by atoms with Crippen molar-refractivity contribution in [2.75, 3.05) is 66.4 Å². The highest BCUT2D eigenvalue weighted by Crippen LogP contribution is 2.42. The van der Waals surface area contributed by atoms with Crippen LogP contribution in [0.5, 0.6) is 0 Å². The van der Waals surface area contributed by atoms with Crippen molar-refractivity contribution in [3.8, 4) is 6.07 Å². The van der Waals surface area contributed by atoms with Gasteiger partial charge in [0.1, 0.15) is 17.4 Å². The topological polar surface area (TPSA) is 117 Å². The maximum Gasteiger partial charge on any atom is 0.232 e. The first kappa shape index (κ1) is 28.6. The van der Waals surface area contributed by atoms with Gasteiger partial charge >= 0.3 is 0 Å². The average Bonchev–Trinajstić information content (AvgIpc) is 2.95. The lowest BCUT2D eigenvalue weighted by Gasteiger charge is -2.46. The molecular weight excluding hydrogens is 543 g/mol. The zero-order valence-electron chi connectivity index (χ0n) is 23.6. The van der Waals surface area contributed by atoms with E-state index in [9.17, 15) is 13.7 Å². The molecule has 2 fully saturated rings. The van der Waals surface area contributed by atoms with Crippen molar-refractivity contribution in [1.82, 2.24) is 14.9 Å². The highest BCUT2D eigenvalue weighted by atomic mass is 32.2. The minimum Gasteiger partial charge on any atom is -0.369 e. The van der Waals surface area contributed by atoms with Crippen molar-refractivity contribution in [3.63, 3.8) is 0 Å². The summed E-state index contributed by atoms with van der Waals surface area (Å²) < 4.78 is 40.7. The van der Waals surface area contributed by atoms with E-state index < -0.39 is 10.0 Å². The number of para-hydroxylation sites is 2. The standard InChI is InChI=1S/C29H35FN8O2S/c1-36-14-10-29(11-15-36)12-16-38(17-13-29)25-9-8-22(18-23(25)30)33-28-32-20-21(19-31)27(35-28)34-24-6-4-5-7-26(24)37(2)41(3,39)40/h4-9,18,20H,10-17H2,1-3H3,(H2,32,33,34,35). The lowest BCUT2D eigenvalue weighted by atomic mass is 9.71. The molecule has 5 rings (SSSR count). The van der Waals surface area contributed by atoms with E-state index in [1.165, 1.54) is 32.2 Å². The number of benzene rings is 2. The summed E-state index contributed by atoms with van der Waals surface area (Å²) in [7, 11) is 0.103. The van der Waals surface area contributed by atoms with Gasteiger partial charge in [-0.15, -0.1) is 0 Å². The van der Waals surface area contributed by atoms with Crippen molar-refractivity contribution in [2.45, 2.75) is 25.7 Å². The number of hydrogen-bond donors (Lipinski definition) is 2. The second-order valence-electron chi connectivity index (χ2n) is 11.0.